The van der Waals surface area contributed by atoms with Gasteiger partial charge in [0.15, 0.2) is 0 Å². The fourth-order valence-electron chi connectivity index (χ4n) is 3.29. The highest BCUT2D eigenvalue weighted by atomic mass is 16.2. The molecule has 1 aliphatic heterocycles. The van der Waals surface area contributed by atoms with E-state index in [0.717, 1.165) is 18.4 Å². The summed E-state index contributed by atoms with van der Waals surface area (Å²) >= 11 is 0. The van der Waals surface area contributed by atoms with E-state index in [1.54, 1.807) is 17.3 Å². The van der Waals surface area contributed by atoms with E-state index in [-0.39, 0.29) is 17.9 Å². The molecule has 5 nitrogen and oxygen atoms in total. The third-order valence-electron chi connectivity index (χ3n) is 4.48. The third kappa shape index (κ3) is 3.06. The minimum absolute atomic E-state index is 0.276. The smallest absolute Gasteiger partial charge is 0.312 e. The first-order valence-electron chi connectivity index (χ1n) is 7.74. The second-order valence-corrected chi connectivity index (χ2v) is 5.87. The Morgan fingerprint density at radius 1 is 1.00 bits per heavy atom. The van der Waals surface area contributed by atoms with Crippen LogP contribution in [0.25, 0.3) is 0 Å². The highest BCUT2D eigenvalue weighted by Crippen LogP contribution is 2.24. The average Bonchev–Trinajstić information content (AvgIpc) is 2.54. The molecule has 0 radical (unpaired) electrons. The maximum atomic E-state index is 12.3. The molecule has 3 rings (SSSR count). The minimum atomic E-state index is -0.358. The molecule has 2 amide bonds. The van der Waals surface area contributed by atoms with Crippen molar-refractivity contribution in [2.75, 3.05) is 13.1 Å². The largest absolute Gasteiger partial charge is 0.330 e. The number of hydrogen-bond donors (Lipinski definition) is 0. The Morgan fingerprint density at radius 3 is 2.43 bits per heavy atom. The van der Waals surface area contributed by atoms with Crippen molar-refractivity contribution in [3.63, 3.8) is 0 Å². The fourth-order valence-corrected chi connectivity index (χ4v) is 3.29. The van der Waals surface area contributed by atoms with Crippen LogP contribution in [-0.2, 0) is 16.1 Å². The summed E-state index contributed by atoms with van der Waals surface area (Å²) in [5.41, 5.74) is 1.01. The number of hydrogen-bond acceptors (Lipinski definition) is 3. The molecule has 0 unspecified atom stereocenters. The van der Waals surface area contributed by atoms with Gasteiger partial charge in [0.2, 0.25) is 0 Å². The second kappa shape index (κ2) is 6.24. The predicted molar refractivity (Wildman–Crippen MR) is 78.2 cm³/mol. The van der Waals surface area contributed by atoms with Crippen molar-refractivity contribution in [3.05, 3.63) is 30.1 Å². The first-order chi connectivity index (χ1) is 10.3. The number of amides is 2. The van der Waals surface area contributed by atoms with Crippen molar-refractivity contribution >= 4 is 11.8 Å². The maximum Gasteiger partial charge on any atom is 0.312 e. The lowest BCUT2D eigenvalue weighted by Gasteiger charge is -2.39. The number of piperazine rings is 1. The van der Waals surface area contributed by atoms with Gasteiger partial charge in [0.25, 0.3) is 0 Å². The van der Waals surface area contributed by atoms with Crippen molar-refractivity contribution in [2.24, 2.45) is 0 Å². The zero-order chi connectivity index (χ0) is 14.7. The number of aromatic nitrogens is 1. The summed E-state index contributed by atoms with van der Waals surface area (Å²) in [6, 6.07) is 4.04. The lowest BCUT2D eigenvalue weighted by atomic mass is 9.93. The van der Waals surface area contributed by atoms with Gasteiger partial charge in [-0.15, -0.1) is 0 Å². The molecule has 1 aromatic rings. The van der Waals surface area contributed by atoms with Crippen molar-refractivity contribution in [1.29, 1.82) is 0 Å². The van der Waals surface area contributed by atoms with Crippen LogP contribution in [0.4, 0.5) is 0 Å². The summed E-state index contributed by atoms with van der Waals surface area (Å²) in [6.07, 6.45) is 9.10. The molecule has 2 fully saturated rings. The molecule has 1 aromatic heterocycles. The lowest BCUT2D eigenvalue weighted by molar-refractivity contribution is -0.158. The zero-order valence-corrected chi connectivity index (χ0v) is 12.2. The summed E-state index contributed by atoms with van der Waals surface area (Å²) in [7, 11) is 0. The summed E-state index contributed by atoms with van der Waals surface area (Å²) in [5, 5.41) is 0. The number of carbonyl (C=O) groups excluding carboxylic acids is 2. The third-order valence-corrected chi connectivity index (χ3v) is 4.48. The van der Waals surface area contributed by atoms with E-state index >= 15 is 0 Å². The van der Waals surface area contributed by atoms with E-state index in [9.17, 15) is 9.59 Å². The van der Waals surface area contributed by atoms with E-state index < -0.39 is 0 Å². The van der Waals surface area contributed by atoms with Crippen LogP contribution in [-0.4, -0.2) is 45.7 Å². The topological polar surface area (TPSA) is 53.5 Å². The van der Waals surface area contributed by atoms with Crippen LogP contribution >= 0.6 is 0 Å². The van der Waals surface area contributed by atoms with E-state index in [4.69, 9.17) is 0 Å². The maximum absolute atomic E-state index is 12.3. The van der Waals surface area contributed by atoms with E-state index in [1.807, 2.05) is 17.0 Å². The van der Waals surface area contributed by atoms with Crippen molar-refractivity contribution < 1.29 is 9.59 Å². The Labute approximate surface area is 124 Å². The molecule has 0 atom stereocenters. The van der Waals surface area contributed by atoms with Gasteiger partial charge in [0.05, 0.1) is 0 Å². The SMILES string of the molecule is O=C1C(=O)N(C2CCCCC2)CCN1Cc1ccncc1. The molecule has 1 aliphatic carbocycles. The van der Waals surface area contributed by atoms with Crippen LogP contribution in [0.5, 0.6) is 0 Å². The molecule has 0 N–H and O–H groups in total. The van der Waals surface area contributed by atoms with Gasteiger partial charge in [-0.1, -0.05) is 19.3 Å². The standard InChI is InChI=1S/C16H21N3O2/c20-15-16(21)19(14-4-2-1-3-5-14)11-10-18(15)12-13-6-8-17-9-7-13/h6-9,14H,1-5,10-12H2. The van der Waals surface area contributed by atoms with Crippen molar-refractivity contribution in [3.8, 4) is 0 Å². The molecular formula is C16H21N3O2. The highest BCUT2D eigenvalue weighted by molar-refractivity contribution is 6.35. The zero-order valence-electron chi connectivity index (χ0n) is 12.2. The van der Waals surface area contributed by atoms with E-state index in [0.29, 0.717) is 19.6 Å². The van der Waals surface area contributed by atoms with Gasteiger partial charge >= 0.3 is 11.8 Å². The van der Waals surface area contributed by atoms with Gasteiger partial charge < -0.3 is 9.80 Å². The predicted octanol–water partition coefficient (Wildman–Crippen LogP) is 1.59. The highest BCUT2D eigenvalue weighted by Gasteiger charge is 2.36. The van der Waals surface area contributed by atoms with Crippen LogP contribution in [0.15, 0.2) is 24.5 Å². The van der Waals surface area contributed by atoms with Gasteiger partial charge in [-0.05, 0) is 30.5 Å². The van der Waals surface area contributed by atoms with Crippen LogP contribution in [0, 0.1) is 0 Å². The molecule has 21 heavy (non-hydrogen) atoms. The Hall–Kier alpha value is -1.91. The number of pyridine rings is 1. The van der Waals surface area contributed by atoms with Crippen molar-refractivity contribution in [2.45, 2.75) is 44.7 Å². The minimum Gasteiger partial charge on any atom is -0.330 e. The second-order valence-electron chi connectivity index (χ2n) is 5.87. The molecule has 5 heteroatoms. The van der Waals surface area contributed by atoms with Crippen LogP contribution < -0.4 is 0 Å². The number of rotatable bonds is 3. The summed E-state index contributed by atoms with van der Waals surface area (Å²) in [6.45, 7) is 1.79. The Kier molecular flexibility index (Phi) is 4.18. The normalized spacial score (nSPS) is 21.0. The van der Waals surface area contributed by atoms with E-state index in [2.05, 4.69) is 4.98 Å². The fraction of sp³-hybridized carbons (Fsp3) is 0.562. The molecule has 2 aliphatic rings. The molecule has 0 aromatic carbocycles. The molecule has 0 bridgehead atoms. The Balaban J connectivity index is 1.64. The van der Waals surface area contributed by atoms with Gasteiger partial charge in [-0.2, -0.15) is 0 Å². The molecule has 112 valence electrons. The average molecular weight is 287 g/mol. The number of carbonyl (C=O) groups is 2. The number of nitrogens with zero attached hydrogens (tertiary/aromatic N) is 3. The van der Waals surface area contributed by atoms with Crippen LogP contribution in [0.3, 0.4) is 0 Å². The molecular weight excluding hydrogens is 266 g/mol. The molecule has 1 saturated heterocycles. The van der Waals surface area contributed by atoms with Gasteiger partial charge in [-0.3, -0.25) is 14.6 Å². The first kappa shape index (κ1) is 14.0. The van der Waals surface area contributed by atoms with Gasteiger partial charge in [-0.25, -0.2) is 0 Å². The van der Waals surface area contributed by atoms with Gasteiger partial charge in [0, 0.05) is 38.1 Å². The quantitative estimate of drug-likeness (QED) is 0.793. The lowest BCUT2D eigenvalue weighted by Crippen LogP contribution is -2.57. The summed E-state index contributed by atoms with van der Waals surface area (Å²) < 4.78 is 0. The van der Waals surface area contributed by atoms with Crippen LogP contribution in [0.1, 0.15) is 37.7 Å². The Bertz CT molecular complexity index is 512. The first-order valence-corrected chi connectivity index (χ1v) is 7.74. The van der Waals surface area contributed by atoms with Crippen LogP contribution in [0.2, 0.25) is 0 Å². The molecule has 2 heterocycles. The van der Waals surface area contributed by atoms with Gasteiger partial charge in [0.1, 0.15) is 0 Å². The molecule has 0 spiro atoms. The Morgan fingerprint density at radius 2 is 1.71 bits per heavy atom. The summed E-state index contributed by atoms with van der Waals surface area (Å²) in [4.78, 5) is 32.1. The summed E-state index contributed by atoms with van der Waals surface area (Å²) in [5.74, 6) is -0.675. The van der Waals surface area contributed by atoms with Crippen molar-refractivity contribution in [1.82, 2.24) is 14.8 Å². The van der Waals surface area contributed by atoms with E-state index in [1.165, 1.54) is 19.3 Å². The molecule has 1 saturated carbocycles. The monoisotopic (exact) mass is 287 g/mol.